The predicted molar refractivity (Wildman–Crippen MR) is 47.1 cm³/mol. The summed E-state index contributed by atoms with van der Waals surface area (Å²) in [6, 6.07) is -0.313. The monoisotopic (exact) mass is 229 g/mol. The van der Waals surface area contributed by atoms with Crippen LogP contribution < -0.4 is 5.73 Å². The van der Waals surface area contributed by atoms with E-state index in [1.165, 1.54) is 0 Å². The smallest absolute Gasteiger partial charge is 0.330 e. The molecule has 0 aliphatic heterocycles. The predicted octanol–water partition coefficient (Wildman–Crippen LogP) is 2.03. The molecule has 0 radical (unpaired) electrons. The fraction of sp³-hybridized carbons (Fsp3) is 1.00. The van der Waals surface area contributed by atoms with Crippen LogP contribution in [0.2, 0.25) is 0 Å². The van der Waals surface area contributed by atoms with Gasteiger partial charge in [0.05, 0.1) is 6.61 Å². The number of alkyl halides is 4. The largest absolute Gasteiger partial charge is 0.373 e. The molecular weight excluding hydrogens is 214 g/mol. The Bertz CT molecular complexity index is 197. The minimum atomic E-state index is -4.07. The van der Waals surface area contributed by atoms with Crippen LogP contribution in [0.1, 0.15) is 19.3 Å². The van der Waals surface area contributed by atoms with E-state index in [4.69, 9.17) is 5.73 Å². The van der Waals surface area contributed by atoms with Crippen LogP contribution in [0.15, 0.2) is 0 Å². The molecule has 1 atom stereocenters. The maximum absolute atomic E-state index is 12.4. The van der Waals surface area contributed by atoms with E-state index in [9.17, 15) is 17.6 Å². The number of ether oxygens (including phenoxy) is 1. The zero-order chi connectivity index (χ0) is 11.5. The molecule has 1 fully saturated rings. The molecule has 0 saturated heterocycles. The van der Waals surface area contributed by atoms with Gasteiger partial charge >= 0.3 is 12.3 Å². The normalized spacial score (nSPS) is 20.4. The molecule has 6 heteroatoms. The first kappa shape index (κ1) is 12.7. The van der Waals surface area contributed by atoms with Crippen LogP contribution in [-0.4, -0.2) is 31.6 Å². The molecule has 2 N–H and O–H groups in total. The summed E-state index contributed by atoms with van der Waals surface area (Å²) in [4.78, 5) is 0. The number of halogens is 4. The van der Waals surface area contributed by atoms with Crippen molar-refractivity contribution >= 4 is 0 Å². The van der Waals surface area contributed by atoms with Gasteiger partial charge in [-0.15, -0.1) is 0 Å². The van der Waals surface area contributed by atoms with E-state index in [-0.39, 0.29) is 12.6 Å². The second-order valence-electron chi connectivity index (χ2n) is 3.93. The summed E-state index contributed by atoms with van der Waals surface area (Å²) in [6.45, 7) is -1.34. The van der Waals surface area contributed by atoms with E-state index in [2.05, 4.69) is 4.74 Å². The van der Waals surface area contributed by atoms with E-state index >= 15 is 0 Å². The van der Waals surface area contributed by atoms with Gasteiger partial charge in [0.25, 0.3) is 0 Å². The van der Waals surface area contributed by atoms with Crippen LogP contribution in [0.4, 0.5) is 17.6 Å². The molecule has 1 aliphatic carbocycles. The molecule has 1 rings (SSSR count). The molecular formula is C9H15F4NO. The van der Waals surface area contributed by atoms with Crippen molar-refractivity contribution in [3.63, 3.8) is 0 Å². The SMILES string of the molecule is NC(COCC(F)(F)C(F)F)C1CCC1. The quantitative estimate of drug-likeness (QED) is 0.707. The first-order valence-electron chi connectivity index (χ1n) is 4.93. The summed E-state index contributed by atoms with van der Waals surface area (Å²) >= 11 is 0. The maximum atomic E-state index is 12.4. The van der Waals surface area contributed by atoms with Gasteiger partial charge in [-0.2, -0.15) is 8.78 Å². The highest BCUT2D eigenvalue weighted by molar-refractivity contribution is 4.80. The molecule has 2 nitrogen and oxygen atoms in total. The van der Waals surface area contributed by atoms with Crippen LogP contribution in [0.5, 0.6) is 0 Å². The Morgan fingerprint density at radius 2 is 1.93 bits per heavy atom. The number of hydrogen-bond acceptors (Lipinski definition) is 2. The van der Waals surface area contributed by atoms with Crippen molar-refractivity contribution in [1.82, 2.24) is 0 Å². The van der Waals surface area contributed by atoms with Gasteiger partial charge in [-0.25, -0.2) is 8.78 Å². The zero-order valence-corrected chi connectivity index (χ0v) is 8.27. The lowest BCUT2D eigenvalue weighted by atomic mass is 9.80. The molecule has 15 heavy (non-hydrogen) atoms. The molecule has 90 valence electrons. The number of hydrogen-bond donors (Lipinski definition) is 1. The highest BCUT2D eigenvalue weighted by atomic mass is 19.3. The lowest BCUT2D eigenvalue weighted by molar-refractivity contribution is -0.167. The molecule has 0 amide bonds. The van der Waals surface area contributed by atoms with Gasteiger partial charge < -0.3 is 10.5 Å². The Hall–Kier alpha value is -0.360. The molecule has 0 aromatic heterocycles. The van der Waals surface area contributed by atoms with Crippen LogP contribution in [0.25, 0.3) is 0 Å². The maximum Gasteiger partial charge on any atom is 0.330 e. The second-order valence-corrected chi connectivity index (χ2v) is 3.93. The number of nitrogens with two attached hydrogens (primary N) is 1. The van der Waals surface area contributed by atoms with E-state index in [1.807, 2.05) is 0 Å². The highest BCUT2D eigenvalue weighted by Gasteiger charge is 2.41. The molecule has 1 saturated carbocycles. The summed E-state index contributed by atoms with van der Waals surface area (Å²) in [5.74, 6) is -3.77. The Kier molecular flexibility index (Phi) is 4.33. The first-order chi connectivity index (χ1) is 6.93. The van der Waals surface area contributed by atoms with Crippen molar-refractivity contribution in [1.29, 1.82) is 0 Å². The minimum absolute atomic E-state index is 0.0764. The minimum Gasteiger partial charge on any atom is -0.373 e. The van der Waals surface area contributed by atoms with Crippen LogP contribution in [0, 0.1) is 5.92 Å². The average molecular weight is 229 g/mol. The standard InChI is InChI=1S/C9H15F4NO/c10-8(11)9(12,13)5-15-4-7(14)6-2-1-3-6/h6-8H,1-5,14H2. The van der Waals surface area contributed by atoms with Crippen molar-refractivity contribution in [3.8, 4) is 0 Å². The molecule has 0 aromatic rings. The van der Waals surface area contributed by atoms with Crippen LogP contribution in [0.3, 0.4) is 0 Å². The van der Waals surface area contributed by atoms with E-state index in [1.54, 1.807) is 0 Å². The summed E-state index contributed by atoms with van der Waals surface area (Å²) in [6.07, 6.45) is -0.658. The van der Waals surface area contributed by atoms with Gasteiger partial charge in [0, 0.05) is 6.04 Å². The van der Waals surface area contributed by atoms with Gasteiger partial charge in [-0.1, -0.05) is 6.42 Å². The summed E-state index contributed by atoms with van der Waals surface area (Å²) in [5.41, 5.74) is 5.63. The molecule has 1 aliphatic rings. The first-order valence-corrected chi connectivity index (χ1v) is 4.93. The van der Waals surface area contributed by atoms with Crippen molar-refractivity contribution in [3.05, 3.63) is 0 Å². The van der Waals surface area contributed by atoms with Crippen molar-refractivity contribution < 1.29 is 22.3 Å². The van der Waals surface area contributed by atoms with E-state index in [0.29, 0.717) is 5.92 Å². The Balaban J connectivity index is 2.14. The van der Waals surface area contributed by atoms with Crippen molar-refractivity contribution in [2.75, 3.05) is 13.2 Å². The third kappa shape index (κ3) is 3.61. The Morgan fingerprint density at radius 1 is 1.33 bits per heavy atom. The van der Waals surface area contributed by atoms with Crippen LogP contribution in [-0.2, 0) is 4.74 Å². The molecule has 1 unspecified atom stereocenters. The zero-order valence-electron chi connectivity index (χ0n) is 8.27. The Morgan fingerprint density at radius 3 is 2.33 bits per heavy atom. The summed E-state index contributed by atoms with van der Waals surface area (Å²) in [5, 5.41) is 0. The molecule has 0 bridgehead atoms. The lowest BCUT2D eigenvalue weighted by Gasteiger charge is -2.31. The van der Waals surface area contributed by atoms with Crippen molar-refractivity contribution in [2.45, 2.75) is 37.7 Å². The van der Waals surface area contributed by atoms with Gasteiger partial charge in [0.2, 0.25) is 0 Å². The van der Waals surface area contributed by atoms with Gasteiger partial charge in [-0.3, -0.25) is 0 Å². The van der Waals surface area contributed by atoms with Gasteiger partial charge in [-0.05, 0) is 18.8 Å². The highest BCUT2D eigenvalue weighted by Crippen LogP contribution is 2.29. The van der Waals surface area contributed by atoms with Crippen molar-refractivity contribution in [2.24, 2.45) is 11.7 Å². The second kappa shape index (κ2) is 5.12. The average Bonchev–Trinajstić information content (AvgIpc) is 1.99. The Labute approximate surface area is 85.8 Å². The van der Waals surface area contributed by atoms with Gasteiger partial charge in [0.15, 0.2) is 0 Å². The third-order valence-electron chi connectivity index (χ3n) is 2.68. The summed E-state index contributed by atoms with van der Waals surface area (Å²) < 4.78 is 52.7. The lowest BCUT2D eigenvalue weighted by Crippen LogP contribution is -2.40. The third-order valence-corrected chi connectivity index (χ3v) is 2.68. The number of rotatable bonds is 6. The molecule has 0 aromatic carbocycles. The van der Waals surface area contributed by atoms with E-state index in [0.717, 1.165) is 19.3 Å². The van der Waals surface area contributed by atoms with Gasteiger partial charge in [0.1, 0.15) is 6.61 Å². The fourth-order valence-electron chi connectivity index (χ4n) is 1.40. The fourth-order valence-corrected chi connectivity index (χ4v) is 1.40. The van der Waals surface area contributed by atoms with Crippen LogP contribution >= 0.6 is 0 Å². The summed E-state index contributed by atoms with van der Waals surface area (Å²) in [7, 11) is 0. The molecule has 0 heterocycles. The molecule has 0 spiro atoms. The topological polar surface area (TPSA) is 35.2 Å². The van der Waals surface area contributed by atoms with E-state index < -0.39 is 19.0 Å².